The van der Waals surface area contributed by atoms with Crippen LogP contribution in [0, 0.1) is 0 Å². The molecule has 2 saturated heterocycles. The van der Waals surface area contributed by atoms with Gasteiger partial charge in [0.1, 0.15) is 5.37 Å². The average molecular weight is 566 g/mol. The van der Waals surface area contributed by atoms with E-state index < -0.39 is 39.7 Å². The number of hydrogen-bond donors (Lipinski definition) is 1. The third-order valence-corrected chi connectivity index (χ3v) is 9.33. The van der Waals surface area contributed by atoms with Crippen LogP contribution in [-0.4, -0.2) is 75.1 Å². The Balaban J connectivity index is 1.55. The van der Waals surface area contributed by atoms with E-state index in [9.17, 15) is 23.4 Å². The number of piperidine rings is 1. The lowest BCUT2D eigenvalue weighted by atomic mass is 9.83. The maximum Gasteiger partial charge on any atom is 0.357 e. The molecule has 40 heavy (non-hydrogen) atoms. The number of esters is 1. The number of likely N-dealkylation sites (tertiary alicyclic amines) is 1. The first-order valence-corrected chi connectivity index (χ1v) is 14.7. The summed E-state index contributed by atoms with van der Waals surface area (Å²) in [6.07, 6.45) is 2.42. The first kappa shape index (κ1) is 27.6. The lowest BCUT2D eigenvalue weighted by molar-refractivity contribution is -0.162. The number of ether oxygens (including phenoxy) is 2. The standard InChI is InChI=1S/C29H31N3O7S/c33-19-30-29(14-17-38-20-34)27(36)32-24(23(18-40(37)28(29)32)31-15-8-3-9-16-31)26(35)39-25(21-10-4-1-5-11-21)22-12-6-2-7-13-22/h1-2,4-7,10-13,19-20,25,28H,3,8-9,14-18H2,(H,30,33)/t28-,29?,40?/m0/s1. The number of hydrogen-bond acceptors (Lipinski definition) is 8. The summed E-state index contributed by atoms with van der Waals surface area (Å²) in [6, 6.07) is 18.6. The van der Waals surface area contributed by atoms with Crippen LogP contribution < -0.4 is 5.32 Å². The van der Waals surface area contributed by atoms with Gasteiger partial charge in [0.05, 0.1) is 28.9 Å². The van der Waals surface area contributed by atoms with Gasteiger partial charge in [-0.05, 0) is 30.4 Å². The molecule has 0 aromatic heterocycles. The van der Waals surface area contributed by atoms with E-state index in [0.29, 0.717) is 25.2 Å². The van der Waals surface area contributed by atoms with Crippen molar-refractivity contribution in [3.8, 4) is 0 Å². The Kier molecular flexibility index (Phi) is 8.29. The molecule has 1 N–H and O–H groups in total. The highest BCUT2D eigenvalue weighted by Crippen LogP contribution is 2.45. The van der Waals surface area contributed by atoms with Crippen LogP contribution in [0.1, 0.15) is 42.9 Å². The fourth-order valence-corrected chi connectivity index (χ4v) is 7.66. The summed E-state index contributed by atoms with van der Waals surface area (Å²) in [7, 11) is -1.65. The molecule has 0 radical (unpaired) electrons. The van der Waals surface area contributed by atoms with Crippen LogP contribution in [0.25, 0.3) is 0 Å². The van der Waals surface area contributed by atoms with Crippen molar-refractivity contribution in [2.24, 2.45) is 0 Å². The normalized spacial score (nSPS) is 24.2. The van der Waals surface area contributed by atoms with Gasteiger partial charge in [0.15, 0.2) is 17.3 Å². The number of nitrogens with one attached hydrogen (secondary N) is 1. The molecule has 5 rings (SSSR count). The Hall–Kier alpha value is -3.99. The number of β-lactam (4-membered cyclic amide) rings is 1. The SMILES string of the molecule is O=CNC1(CCOC=O)C(=O)N2C(C(=O)OC(c3ccccc3)c3ccccc3)=C(N3CCCCC3)CS(=O)[C@H]21. The Bertz CT molecular complexity index is 1270. The zero-order valence-electron chi connectivity index (χ0n) is 21.9. The van der Waals surface area contributed by atoms with Crippen LogP contribution >= 0.6 is 0 Å². The second kappa shape index (κ2) is 12.0. The molecule has 3 aliphatic heterocycles. The second-order valence-electron chi connectivity index (χ2n) is 9.95. The molecule has 3 heterocycles. The molecule has 2 amide bonds. The molecule has 0 bridgehead atoms. The number of nitrogens with zero attached hydrogens (tertiary/aromatic N) is 2. The monoisotopic (exact) mass is 565 g/mol. The molecule has 0 saturated carbocycles. The van der Waals surface area contributed by atoms with Gasteiger partial charge in [-0.2, -0.15) is 0 Å². The van der Waals surface area contributed by atoms with E-state index in [0.717, 1.165) is 30.4 Å². The lowest BCUT2D eigenvalue weighted by Crippen LogP contribution is -2.82. The summed E-state index contributed by atoms with van der Waals surface area (Å²) < 4.78 is 24.6. The molecule has 0 spiro atoms. The number of amides is 2. The summed E-state index contributed by atoms with van der Waals surface area (Å²) in [5, 5.41) is 1.52. The summed E-state index contributed by atoms with van der Waals surface area (Å²) in [4.78, 5) is 53.4. The van der Waals surface area contributed by atoms with Crippen molar-refractivity contribution in [2.75, 3.05) is 25.4 Å². The number of rotatable bonds is 11. The van der Waals surface area contributed by atoms with E-state index >= 15 is 0 Å². The molecule has 2 unspecified atom stereocenters. The topological polar surface area (TPSA) is 122 Å². The van der Waals surface area contributed by atoms with E-state index in [1.807, 2.05) is 65.6 Å². The number of carbonyl (C=O) groups excluding carboxylic acids is 4. The molecule has 2 aromatic carbocycles. The van der Waals surface area contributed by atoms with Gasteiger partial charge in [0.2, 0.25) is 6.41 Å². The van der Waals surface area contributed by atoms with Gasteiger partial charge < -0.3 is 19.7 Å². The zero-order chi connectivity index (χ0) is 28.1. The quantitative estimate of drug-likeness (QED) is 0.190. The van der Waals surface area contributed by atoms with Crippen molar-refractivity contribution < 1.29 is 32.9 Å². The number of carbonyl (C=O) groups is 4. The number of fused-ring (bicyclic) bond motifs is 1. The van der Waals surface area contributed by atoms with E-state index in [-0.39, 0.29) is 30.9 Å². The minimum Gasteiger partial charge on any atom is -0.468 e. The van der Waals surface area contributed by atoms with Gasteiger partial charge in [-0.25, -0.2) is 4.79 Å². The second-order valence-corrected chi connectivity index (χ2v) is 11.4. The predicted octanol–water partition coefficient (Wildman–Crippen LogP) is 2.00. The van der Waals surface area contributed by atoms with Crippen molar-refractivity contribution in [3.05, 3.63) is 83.2 Å². The van der Waals surface area contributed by atoms with Crippen molar-refractivity contribution in [2.45, 2.75) is 42.7 Å². The predicted molar refractivity (Wildman–Crippen MR) is 145 cm³/mol. The van der Waals surface area contributed by atoms with Crippen molar-refractivity contribution in [1.82, 2.24) is 15.1 Å². The van der Waals surface area contributed by atoms with Gasteiger partial charge in [0, 0.05) is 19.5 Å². The fourth-order valence-electron chi connectivity index (χ4n) is 5.74. The Morgan fingerprint density at radius 1 is 1.02 bits per heavy atom. The van der Waals surface area contributed by atoms with Crippen LogP contribution in [0.15, 0.2) is 72.1 Å². The molecule has 0 aliphatic carbocycles. The highest BCUT2D eigenvalue weighted by Gasteiger charge is 2.67. The summed E-state index contributed by atoms with van der Waals surface area (Å²) in [5.41, 5.74) is 0.517. The van der Waals surface area contributed by atoms with Crippen LogP contribution in [0.5, 0.6) is 0 Å². The fraction of sp³-hybridized carbons (Fsp3) is 0.379. The molecule has 3 aliphatic rings. The lowest BCUT2D eigenvalue weighted by Gasteiger charge is -2.57. The summed E-state index contributed by atoms with van der Waals surface area (Å²) in [5.74, 6) is -1.28. The molecule has 10 nitrogen and oxygen atoms in total. The molecule has 11 heteroatoms. The largest absolute Gasteiger partial charge is 0.468 e. The van der Waals surface area contributed by atoms with Crippen LogP contribution in [0.2, 0.25) is 0 Å². The van der Waals surface area contributed by atoms with Crippen molar-refractivity contribution in [3.63, 3.8) is 0 Å². The summed E-state index contributed by atoms with van der Waals surface area (Å²) >= 11 is 0. The van der Waals surface area contributed by atoms with Crippen LogP contribution in [0.3, 0.4) is 0 Å². The van der Waals surface area contributed by atoms with Gasteiger partial charge in [-0.3, -0.25) is 23.5 Å². The van der Waals surface area contributed by atoms with Gasteiger partial charge in [-0.1, -0.05) is 60.7 Å². The first-order valence-electron chi connectivity index (χ1n) is 13.3. The van der Waals surface area contributed by atoms with Crippen LogP contribution in [0.4, 0.5) is 0 Å². The molecular weight excluding hydrogens is 534 g/mol. The maximum atomic E-state index is 14.1. The molecular formula is C29H31N3O7S. The maximum absolute atomic E-state index is 14.1. The Labute approximate surface area is 234 Å². The van der Waals surface area contributed by atoms with Crippen LogP contribution in [-0.2, 0) is 39.5 Å². The van der Waals surface area contributed by atoms with Crippen molar-refractivity contribution in [1.29, 1.82) is 0 Å². The molecule has 3 atom stereocenters. The van der Waals surface area contributed by atoms with Crippen molar-refractivity contribution >= 4 is 35.6 Å². The molecule has 210 valence electrons. The number of benzene rings is 2. The summed E-state index contributed by atoms with van der Waals surface area (Å²) in [6.45, 7) is 1.42. The van der Waals surface area contributed by atoms with E-state index in [1.165, 1.54) is 4.90 Å². The van der Waals surface area contributed by atoms with Gasteiger partial charge >= 0.3 is 5.97 Å². The Morgan fingerprint density at radius 2 is 1.65 bits per heavy atom. The third kappa shape index (κ3) is 5.01. The highest BCUT2D eigenvalue weighted by molar-refractivity contribution is 7.86. The van der Waals surface area contributed by atoms with E-state index in [2.05, 4.69) is 5.32 Å². The molecule has 2 fully saturated rings. The minimum atomic E-state index is -1.65. The molecule has 2 aromatic rings. The smallest absolute Gasteiger partial charge is 0.357 e. The first-order chi connectivity index (χ1) is 19.5. The zero-order valence-corrected chi connectivity index (χ0v) is 22.7. The highest BCUT2D eigenvalue weighted by atomic mass is 32.2. The van der Waals surface area contributed by atoms with Gasteiger partial charge in [-0.15, -0.1) is 0 Å². The third-order valence-electron chi connectivity index (χ3n) is 7.66. The van der Waals surface area contributed by atoms with Gasteiger partial charge in [0.25, 0.3) is 12.4 Å². The minimum absolute atomic E-state index is 0.0248. The van der Waals surface area contributed by atoms with E-state index in [4.69, 9.17) is 9.47 Å². The Morgan fingerprint density at radius 3 is 2.23 bits per heavy atom. The average Bonchev–Trinajstić information content (AvgIpc) is 3.00. The van der Waals surface area contributed by atoms with E-state index in [1.54, 1.807) is 0 Å².